The first-order valence-electron chi connectivity index (χ1n) is 7.15. The van der Waals surface area contributed by atoms with Crippen LogP contribution in [0.2, 0.25) is 0 Å². The van der Waals surface area contributed by atoms with Crippen LogP contribution in [0.3, 0.4) is 0 Å². The van der Waals surface area contributed by atoms with Crippen molar-refractivity contribution in [3.8, 4) is 0 Å². The lowest BCUT2D eigenvalue weighted by molar-refractivity contribution is -0.133. The van der Waals surface area contributed by atoms with Crippen molar-refractivity contribution in [2.75, 3.05) is 13.7 Å². The largest absolute Gasteiger partial charge is 0.377 e. The highest BCUT2D eigenvalue weighted by atomic mass is 16.5. The van der Waals surface area contributed by atoms with Gasteiger partial charge in [-0.3, -0.25) is 0 Å². The summed E-state index contributed by atoms with van der Waals surface area (Å²) in [5.41, 5.74) is 0. The summed E-state index contributed by atoms with van der Waals surface area (Å²) in [5.74, 6) is 0.880. The van der Waals surface area contributed by atoms with Gasteiger partial charge in [0.05, 0.1) is 12.2 Å². The van der Waals surface area contributed by atoms with Crippen LogP contribution in [-0.4, -0.2) is 38.0 Å². The molecule has 2 aliphatic rings. The Labute approximate surface area is 105 Å². The van der Waals surface area contributed by atoms with Crippen molar-refractivity contribution in [3.63, 3.8) is 0 Å². The molecule has 0 bridgehead atoms. The molecular weight excluding hydrogens is 214 g/mol. The zero-order valence-electron chi connectivity index (χ0n) is 11.4. The molecule has 100 valence electrons. The molecule has 3 nitrogen and oxygen atoms in total. The zero-order chi connectivity index (χ0) is 12.3. The molecule has 0 saturated heterocycles. The van der Waals surface area contributed by atoms with Crippen LogP contribution in [0.5, 0.6) is 0 Å². The van der Waals surface area contributed by atoms with E-state index in [1.807, 2.05) is 0 Å². The number of hydrogen-bond acceptors (Lipinski definition) is 3. The van der Waals surface area contributed by atoms with E-state index in [1.165, 1.54) is 25.7 Å². The summed E-state index contributed by atoms with van der Waals surface area (Å²) >= 11 is 0. The van der Waals surface area contributed by atoms with Gasteiger partial charge >= 0.3 is 0 Å². The molecule has 2 saturated carbocycles. The number of hydrogen-bond donors (Lipinski definition) is 1. The van der Waals surface area contributed by atoms with Gasteiger partial charge in [-0.1, -0.05) is 19.8 Å². The molecule has 2 aliphatic carbocycles. The van der Waals surface area contributed by atoms with Gasteiger partial charge in [0.25, 0.3) is 0 Å². The summed E-state index contributed by atoms with van der Waals surface area (Å²) in [4.78, 5) is 0. The van der Waals surface area contributed by atoms with Gasteiger partial charge in [-0.2, -0.15) is 0 Å². The Morgan fingerprint density at radius 3 is 2.71 bits per heavy atom. The fraction of sp³-hybridized carbons (Fsp3) is 1.00. The van der Waals surface area contributed by atoms with E-state index in [0.717, 1.165) is 18.9 Å². The smallest absolute Gasteiger partial charge is 0.0986 e. The minimum absolute atomic E-state index is 0.257. The molecule has 0 amide bonds. The second-order valence-corrected chi connectivity index (χ2v) is 5.67. The molecule has 0 heterocycles. The third kappa shape index (κ3) is 3.21. The van der Waals surface area contributed by atoms with E-state index in [1.54, 1.807) is 7.11 Å². The Kier molecular flexibility index (Phi) is 4.83. The fourth-order valence-electron chi connectivity index (χ4n) is 3.33. The van der Waals surface area contributed by atoms with Crippen molar-refractivity contribution in [2.45, 2.75) is 70.2 Å². The van der Waals surface area contributed by atoms with Crippen LogP contribution in [0.25, 0.3) is 0 Å². The van der Waals surface area contributed by atoms with Gasteiger partial charge in [-0.05, 0) is 32.1 Å². The highest BCUT2D eigenvalue weighted by Crippen LogP contribution is 2.30. The highest BCUT2D eigenvalue weighted by molar-refractivity contribution is 4.98. The predicted octanol–water partition coefficient (Wildman–Crippen LogP) is 2.35. The van der Waals surface area contributed by atoms with Gasteiger partial charge in [0, 0.05) is 25.8 Å². The molecule has 2 rings (SSSR count). The van der Waals surface area contributed by atoms with Crippen LogP contribution < -0.4 is 5.32 Å². The Morgan fingerprint density at radius 1 is 1.24 bits per heavy atom. The first-order chi connectivity index (χ1) is 8.24. The first kappa shape index (κ1) is 13.3. The van der Waals surface area contributed by atoms with Crippen molar-refractivity contribution < 1.29 is 9.47 Å². The lowest BCUT2D eigenvalue weighted by atomic mass is 9.81. The molecule has 0 aromatic carbocycles. The molecule has 5 atom stereocenters. The molecule has 0 aromatic heterocycles. The molecular formula is C14H27NO2. The van der Waals surface area contributed by atoms with Crippen LogP contribution in [-0.2, 0) is 9.47 Å². The van der Waals surface area contributed by atoms with Gasteiger partial charge in [0.15, 0.2) is 0 Å². The van der Waals surface area contributed by atoms with Gasteiger partial charge in [-0.15, -0.1) is 0 Å². The van der Waals surface area contributed by atoms with Crippen LogP contribution in [0.15, 0.2) is 0 Å². The summed E-state index contributed by atoms with van der Waals surface area (Å²) in [6.07, 6.45) is 7.10. The Morgan fingerprint density at radius 2 is 2.06 bits per heavy atom. The SMILES string of the molecule is CCOC1CC(NC2CCCC(C)C2)C1OC. The van der Waals surface area contributed by atoms with Gasteiger partial charge in [-0.25, -0.2) is 0 Å². The van der Waals surface area contributed by atoms with Gasteiger partial charge < -0.3 is 14.8 Å². The zero-order valence-corrected chi connectivity index (χ0v) is 11.4. The number of rotatable bonds is 5. The summed E-state index contributed by atoms with van der Waals surface area (Å²) < 4.78 is 11.2. The van der Waals surface area contributed by atoms with Crippen molar-refractivity contribution in [3.05, 3.63) is 0 Å². The van der Waals surface area contributed by atoms with Crippen molar-refractivity contribution in [1.82, 2.24) is 5.32 Å². The van der Waals surface area contributed by atoms with E-state index in [0.29, 0.717) is 18.2 Å². The lowest BCUT2D eigenvalue weighted by Gasteiger charge is -2.46. The maximum absolute atomic E-state index is 5.66. The van der Waals surface area contributed by atoms with Gasteiger partial charge in [0.2, 0.25) is 0 Å². The normalized spacial score (nSPS) is 42.2. The highest BCUT2D eigenvalue weighted by Gasteiger charge is 2.43. The molecule has 5 unspecified atom stereocenters. The molecule has 0 aromatic rings. The average Bonchev–Trinajstić information content (AvgIpc) is 2.28. The third-order valence-electron chi connectivity index (χ3n) is 4.29. The first-order valence-corrected chi connectivity index (χ1v) is 7.15. The van der Waals surface area contributed by atoms with Crippen LogP contribution in [0.1, 0.15) is 46.0 Å². The molecule has 2 fully saturated rings. The van der Waals surface area contributed by atoms with E-state index >= 15 is 0 Å². The minimum Gasteiger partial charge on any atom is -0.377 e. The Bertz CT molecular complexity index is 234. The summed E-state index contributed by atoms with van der Waals surface area (Å²) in [6, 6.07) is 1.20. The van der Waals surface area contributed by atoms with E-state index in [4.69, 9.17) is 9.47 Å². The number of methoxy groups -OCH3 is 1. The van der Waals surface area contributed by atoms with E-state index in [2.05, 4.69) is 19.2 Å². The van der Waals surface area contributed by atoms with Gasteiger partial charge in [0.1, 0.15) is 0 Å². The van der Waals surface area contributed by atoms with Crippen LogP contribution >= 0.6 is 0 Å². The molecule has 0 radical (unpaired) electrons. The quantitative estimate of drug-likeness (QED) is 0.801. The Hall–Kier alpha value is -0.120. The van der Waals surface area contributed by atoms with E-state index < -0.39 is 0 Å². The second kappa shape index (κ2) is 6.17. The minimum atomic E-state index is 0.257. The molecule has 1 N–H and O–H groups in total. The fourth-order valence-corrected chi connectivity index (χ4v) is 3.33. The van der Waals surface area contributed by atoms with E-state index in [9.17, 15) is 0 Å². The summed E-state index contributed by atoms with van der Waals surface area (Å²) in [7, 11) is 1.80. The number of ether oxygens (including phenoxy) is 2. The Balaban J connectivity index is 1.76. The van der Waals surface area contributed by atoms with E-state index in [-0.39, 0.29) is 6.10 Å². The van der Waals surface area contributed by atoms with Crippen molar-refractivity contribution >= 4 is 0 Å². The average molecular weight is 241 g/mol. The molecule has 3 heteroatoms. The summed E-state index contributed by atoms with van der Waals surface area (Å²) in [5, 5.41) is 3.77. The standard InChI is InChI=1S/C14H27NO2/c1-4-17-13-9-12(14(13)16-3)15-11-7-5-6-10(2)8-11/h10-15H,4-9H2,1-3H3. The predicted molar refractivity (Wildman–Crippen MR) is 69.2 cm³/mol. The van der Waals surface area contributed by atoms with Crippen molar-refractivity contribution in [2.24, 2.45) is 5.92 Å². The van der Waals surface area contributed by atoms with Crippen LogP contribution in [0.4, 0.5) is 0 Å². The maximum atomic E-state index is 5.66. The molecule has 17 heavy (non-hydrogen) atoms. The van der Waals surface area contributed by atoms with Crippen molar-refractivity contribution in [1.29, 1.82) is 0 Å². The monoisotopic (exact) mass is 241 g/mol. The second-order valence-electron chi connectivity index (χ2n) is 5.67. The van der Waals surface area contributed by atoms with Crippen LogP contribution in [0, 0.1) is 5.92 Å². The topological polar surface area (TPSA) is 30.5 Å². The molecule has 0 aliphatic heterocycles. The third-order valence-corrected chi connectivity index (χ3v) is 4.29. The number of nitrogens with one attached hydrogen (secondary N) is 1. The lowest BCUT2D eigenvalue weighted by Crippen LogP contribution is -2.62. The summed E-state index contributed by atoms with van der Waals surface area (Å²) in [6.45, 7) is 5.21. The molecule has 0 spiro atoms. The maximum Gasteiger partial charge on any atom is 0.0986 e.